The smallest absolute Gasteiger partial charge is 0.331 e. The van der Waals surface area contributed by atoms with Crippen molar-refractivity contribution in [3.63, 3.8) is 0 Å². The second-order valence-corrected chi connectivity index (χ2v) is 4.76. The van der Waals surface area contributed by atoms with Gasteiger partial charge in [-0.2, -0.15) is 0 Å². The van der Waals surface area contributed by atoms with Gasteiger partial charge in [0.15, 0.2) is 6.79 Å². The van der Waals surface area contributed by atoms with Gasteiger partial charge in [-0.3, -0.25) is 9.69 Å². The highest BCUT2D eigenvalue weighted by molar-refractivity contribution is 5.70. The van der Waals surface area contributed by atoms with E-state index in [2.05, 4.69) is 14.2 Å². The maximum Gasteiger partial charge on any atom is 0.331 e. The molecule has 0 atom stereocenters. The van der Waals surface area contributed by atoms with Crippen LogP contribution in [0, 0.1) is 0 Å². The normalized spacial score (nSPS) is 10.6. The third-order valence-electron chi connectivity index (χ3n) is 2.90. The number of nitrogens with zero attached hydrogens (tertiary/aromatic N) is 1. The van der Waals surface area contributed by atoms with Crippen molar-refractivity contribution in [2.75, 3.05) is 73.7 Å². The Balaban J connectivity index is 4.00. The number of carbonyl (C=O) groups excluding carboxylic acids is 3. The van der Waals surface area contributed by atoms with Gasteiger partial charge in [-0.25, -0.2) is 9.59 Å². The van der Waals surface area contributed by atoms with Crippen LogP contribution in [0.3, 0.4) is 0 Å². The number of methoxy groups -OCH3 is 2. The molecule has 0 amide bonds. The first-order valence-corrected chi connectivity index (χ1v) is 7.72. The van der Waals surface area contributed by atoms with E-state index in [0.29, 0.717) is 39.5 Å². The van der Waals surface area contributed by atoms with Gasteiger partial charge < -0.3 is 28.4 Å². The lowest BCUT2D eigenvalue weighted by Gasteiger charge is -2.21. The third kappa shape index (κ3) is 15.5. The minimum absolute atomic E-state index is 0.110. The minimum Gasteiger partial charge on any atom is -0.467 e. The number of carbonyl (C=O) groups is 3. The molecule has 0 heterocycles. The Hall–Kier alpha value is -1.75. The van der Waals surface area contributed by atoms with Gasteiger partial charge in [-0.1, -0.05) is 0 Å². The van der Waals surface area contributed by atoms with Crippen molar-refractivity contribution in [1.29, 1.82) is 0 Å². The van der Waals surface area contributed by atoms with E-state index in [4.69, 9.17) is 14.2 Å². The molecule has 25 heavy (non-hydrogen) atoms. The molecule has 10 heteroatoms. The zero-order valence-corrected chi connectivity index (χ0v) is 15.0. The molecule has 0 unspecified atom stereocenters. The molecule has 0 N–H and O–H groups in total. The molecule has 0 aliphatic rings. The maximum atomic E-state index is 11.0. The standard InChI is InChI=1S/C15H27NO9/c1-13(17)25-12-24-9-6-16(4-7-22-10-14(18)20-2)5-8-23-11-15(19)21-3/h4-12H2,1-3H3. The lowest BCUT2D eigenvalue weighted by atomic mass is 10.4. The molecule has 146 valence electrons. The highest BCUT2D eigenvalue weighted by Gasteiger charge is 2.08. The van der Waals surface area contributed by atoms with E-state index >= 15 is 0 Å². The van der Waals surface area contributed by atoms with Gasteiger partial charge in [-0.05, 0) is 0 Å². The Kier molecular flexibility index (Phi) is 14.7. The fraction of sp³-hybridized carbons (Fsp3) is 0.800. The summed E-state index contributed by atoms with van der Waals surface area (Å²) in [4.78, 5) is 34.5. The van der Waals surface area contributed by atoms with Crippen molar-refractivity contribution in [3.8, 4) is 0 Å². The highest BCUT2D eigenvalue weighted by Crippen LogP contribution is 1.93. The molecule has 0 aliphatic carbocycles. The quantitative estimate of drug-likeness (QED) is 0.158. The molecule has 0 rings (SSSR count). The molecule has 0 aromatic rings. The van der Waals surface area contributed by atoms with Crippen LogP contribution in [-0.2, 0) is 42.8 Å². The van der Waals surface area contributed by atoms with Crippen LogP contribution in [-0.4, -0.2) is 96.5 Å². The fourth-order valence-electron chi connectivity index (χ4n) is 1.53. The first-order chi connectivity index (χ1) is 12.0. The topological polar surface area (TPSA) is 110 Å². The van der Waals surface area contributed by atoms with Crippen LogP contribution in [0.15, 0.2) is 0 Å². The summed E-state index contributed by atoms with van der Waals surface area (Å²) in [7, 11) is 2.58. The summed E-state index contributed by atoms with van der Waals surface area (Å²) in [5.74, 6) is -1.31. The summed E-state index contributed by atoms with van der Waals surface area (Å²) < 4.78 is 29.2. The van der Waals surface area contributed by atoms with Gasteiger partial charge in [0.2, 0.25) is 0 Å². The predicted octanol–water partition coefficient (Wildman–Crippen LogP) is -0.795. The Bertz CT molecular complexity index is 365. The molecule has 10 nitrogen and oxygen atoms in total. The first-order valence-electron chi connectivity index (χ1n) is 7.72. The second-order valence-electron chi connectivity index (χ2n) is 4.76. The molecular formula is C15H27NO9. The fourth-order valence-corrected chi connectivity index (χ4v) is 1.53. The molecule has 0 aromatic carbocycles. The number of hydrogen-bond donors (Lipinski definition) is 0. The summed E-state index contributed by atoms with van der Waals surface area (Å²) >= 11 is 0. The molecular weight excluding hydrogens is 338 g/mol. The molecule has 0 saturated heterocycles. The number of ether oxygens (including phenoxy) is 6. The molecule has 0 bridgehead atoms. The van der Waals surface area contributed by atoms with Crippen LogP contribution >= 0.6 is 0 Å². The van der Waals surface area contributed by atoms with Crippen LogP contribution in [0.5, 0.6) is 0 Å². The second kappa shape index (κ2) is 15.8. The van der Waals surface area contributed by atoms with E-state index < -0.39 is 17.9 Å². The Morgan fingerprint density at radius 3 is 1.60 bits per heavy atom. The summed E-state index contributed by atoms with van der Waals surface area (Å²) in [6.07, 6.45) is 0. The van der Waals surface area contributed by atoms with Crippen LogP contribution < -0.4 is 0 Å². The molecule has 0 fully saturated rings. The molecule has 0 aliphatic heterocycles. The summed E-state index contributed by atoms with van der Waals surface area (Å²) in [6, 6.07) is 0. The molecule has 0 aromatic heterocycles. The third-order valence-corrected chi connectivity index (χ3v) is 2.90. The van der Waals surface area contributed by atoms with E-state index in [-0.39, 0.29) is 20.0 Å². The lowest BCUT2D eigenvalue weighted by molar-refractivity contribution is -0.154. The van der Waals surface area contributed by atoms with Gasteiger partial charge >= 0.3 is 17.9 Å². The van der Waals surface area contributed by atoms with E-state index in [0.717, 1.165) is 0 Å². The minimum atomic E-state index is -0.447. The average Bonchev–Trinajstić information content (AvgIpc) is 2.60. The zero-order chi connectivity index (χ0) is 18.9. The van der Waals surface area contributed by atoms with Crippen molar-refractivity contribution in [1.82, 2.24) is 4.90 Å². The molecule has 0 saturated carbocycles. The summed E-state index contributed by atoms with van der Waals surface area (Å²) in [6.45, 7) is 3.49. The van der Waals surface area contributed by atoms with Gasteiger partial charge in [0.25, 0.3) is 0 Å². The van der Waals surface area contributed by atoms with Gasteiger partial charge in [0, 0.05) is 26.6 Å². The average molecular weight is 365 g/mol. The van der Waals surface area contributed by atoms with Crippen molar-refractivity contribution < 1.29 is 42.8 Å². The van der Waals surface area contributed by atoms with Crippen LogP contribution in [0.4, 0.5) is 0 Å². The van der Waals surface area contributed by atoms with E-state index in [1.54, 1.807) is 0 Å². The SMILES string of the molecule is COC(=O)COCCN(CCOCOC(C)=O)CCOCC(=O)OC. The predicted molar refractivity (Wildman–Crippen MR) is 84.7 cm³/mol. The summed E-state index contributed by atoms with van der Waals surface area (Å²) in [5.41, 5.74) is 0. The monoisotopic (exact) mass is 365 g/mol. The number of esters is 3. The number of hydrogen-bond acceptors (Lipinski definition) is 10. The van der Waals surface area contributed by atoms with Crippen LogP contribution in [0.25, 0.3) is 0 Å². The van der Waals surface area contributed by atoms with Gasteiger partial charge in [-0.15, -0.1) is 0 Å². The first kappa shape index (κ1) is 23.2. The van der Waals surface area contributed by atoms with Crippen molar-refractivity contribution in [3.05, 3.63) is 0 Å². The van der Waals surface area contributed by atoms with E-state index in [1.165, 1.54) is 21.1 Å². The van der Waals surface area contributed by atoms with Crippen LogP contribution in [0.2, 0.25) is 0 Å². The van der Waals surface area contributed by atoms with Gasteiger partial charge in [0.1, 0.15) is 13.2 Å². The zero-order valence-electron chi connectivity index (χ0n) is 15.0. The van der Waals surface area contributed by atoms with Crippen LogP contribution in [0.1, 0.15) is 6.92 Å². The Morgan fingerprint density at radius 2 is 1.20 bits per heavy atom. The van der Waals surface area contributed by atoms with E-state index in [1.807, 2.05) is 4.90 Å². The van der Waals surface area contributed by atoms with Crippen molar-refractivity contribution >= 4 is 17.9 Å². The Morgan fingerprint density at radius 1 is 0.760 bits per heavy atom. The Labute approximate surface area is 147 Å². The molecule has 0 spiro atoms. The summed E-state index contributed by atoms with van der Waals surface area (Å²) in [5, 5.41) is 0. The largest absolute Gasteiger partial charge is 0.467 e. The van der Waals surface area contributed by atoms with Crippen molar-refractivity contribution in [2.45, 2.75) is 6.92 Å². The van der Waals surface area contributed by atoms with Gasteiger partial charge in [0.05, 0.1) is 34.0 Å². The maximum absolute atomic E-state index is 11.0. The van der Waals surface area contributed by atoms with Crippen molar-refractivity contribution in [2.24, 2.45) is 0 Å². The number of rotatable bonds is 15. The molecule has 0 radical (unpaired) electrons. The van der Waals surface area contributed by atoms with E-state index in [9.17, 15) is 14.4 Å². The lowest BCUT2D eigenvalue weighted by Crippen LogP contribution is -2.35. The highest BCUT2D eigenvalue weighted by atomic mass is 16.7.